The molecule has 0 saturated carbocycles. The lowest BCUT2D eigenvalue weighted by atomic mass is 10.0. The van der Waals surface area contributed by atoms with E-state index in [0.29, 0.717) is 34.0 Å². The van der Waals surface area contributed by atoms with Crippen LogP contribution < -0.4 is 14.8 Å². The predicted octanol–water partition coefficient (Wildman–Crippen LogP) is 3.57. The van der Waals surface area contributed by atoms with Gasteiger partial charge < -0.3 is 14.8 Å². The summed E-state index contributed by atoms with van der Waals surface area (Å²) in [5.74, 6) is -0.0959. The normalized spacial score (nSPS) is 11.6. The Morgan fingerprint density at radius 2 is 1.73 bits per heavy atom. The van der Waals surface area contributed by atoms with Gasteiger partial charge in [-0.3, -0.25) is 9.59 Å². The van der Waals surface area contributed by atoms with Crippen LogP contribution in [-0.2, 0) is 4.79 Å². The number of methoxy groups -OCH3 is 2. The number of benzene rings is 2. The standard InChI is InChI=1S/C23H25N3O4/c1-14(19-13-18(29-4)11-12-20(19)30-5)24-23(28)22(27)21-15(2)25-26(16(21)3)17-9-7-6-8-10-17/h6-14H,1-5H3,(H,24,28). The third-order valence-corrected chi connectivity index (χ3v) is 4.98. The summed E-state index contributed by atoms with van der Waals surface area (Å²) in [7, 11) is 3.12. The van der Waals surface area contributed by atoms with Crippen LogP contribution in [0.5, 0.6) is 11.5 Å². The Bertz CT molecular complexity index is 1070. The van der Waals surface area contributed by atoms with Crippen molar-refractivity contribution < 1.29 is 19.1 Å². The maximum Gasteiger partial charge on any atom is 0.293 e. The molecule has 1 aromatic heterocycles. The second kappa shape index (κ2) is 8.82. The molecule has 0 spiro atoms. The Morgan fingerprint density at radius 1 is 1.03 bits per heavy atom. The molecule has 1 heterocycles. The number of nitrogens with zero attached hydrogens (tertiary/aromatic N) is 2. The fourth-order valence-corrected chi connectivity index (χ4v) is 3.42. The monoisotopic (exact) mass is 407 g/mol. The number of hydrogen-bond acceptors (Lipinski definition) is 5. The number of ether oxygens (including phenoxy) is 2. The minimum Gasteiger partial charge on any atom is -0.497 e. The van der Waals surface area contributed by atoms with E-state index >= 15 is 0 Å². The number of para-hydroxylation sites is 1. The highest BCUT2D eigenvalue weighted by Gasteiger charge is 2.27. The molecule has 0 fully saturated rings. The van der Waals surface area contributed by atoms with E-state index in [4.69, 9.17) is 9.47 Å². The molecule has 0 bridgehead atoms. The smallest absolute Gasteiger partial charge is 0.293 e. The quantitative estimate of drug-likeness (QED) is 0.478. The molecule has 1 unspecified atom stereocenters. The summed E-state index contributed by atoms with van der Waals surface area (Å²) < 4.78 is 12.3. The number of hydrogen-bond donors (Lipinski definition) is 1. The van der Waals surface area contributed by atoms with Gasteiger partial charge in [0.15, 0.2) is 0 Å². The summed E-state index contributed by atoms with van der Waals surface area (Å²) in [4.78, 5) is 25.7. The largest absolute Gasteiger partial charge is 0.497 e. The highest BCUT2D eigenvalue weighted by Crippen LogP contribution is 2.29. The molecule has 3 rings (SSSR count). The molecule has 1 atom stereocenters. The zero-order valence-electron chi connectivity index (χ0n) is 17.7. The highest BCUT2D eigenvalue weighted by molar-refractivity contribution is 6.43. The van der Waals surface area contributed by atoms with Gasteiger partial charge in [-0.05, 0) is 51.1 Å². The summed E-state index contributed by atoms with van der Waals surface area (Å²) in [6.07, 6.45) is 0. The average Bonchev–Trinajstić information content (AvgIpc) is 3.06. The van der Waals surface area contributed by atoms with Crippen LogP contribution in [0.25, 0.3) is 5.69 Å². The van der Waals surface area contributed by atoms with Crippen LogP contribution >= 0.6 is 0 Å². The SMILES string of the molecule is COc1ccc(OC)c(C(C)NC(=O)C(=O)c2c(C)nn(-c3ccccc3)c2C)c1. The fourth-order valence-electron chi connectivity index (χ4n) is 3.42. The zero-order valence-corrected chi connectivity index (χ0v) is 17.7. The molecular weight excluding hydrogens is 382 g/mol. The summed E-state index contributed by atoms with van der Waals surface area (Å²) in [5.41, 5.74) is 2.97. The van der Waals surface area contributed by atoms with Crippen molar-refractivity contribution >= 4 is 11.7 Å². The molecule has 0 saturated heterocycles. The van der Waals surface area contributed by atoms with Gasteiger partial charge in [0.2, 0.25) is 0 Å². The van der Waals surface area contributed by atoms with Gasteiger partial charge in [-0.1, -0.05) is 18.2 Å². The number of ketones is 1. The second-order valence-electron chi connectivity index (χ2n) is 6.93. The Kier molecular flexibility index (Phi) is 6.20. The number of carbonyl (C=O) groups is 2. The van der Waals surface area contributed by atoms with Crippen LogP contribution in [0.4, 0.5) is 0 Å². The van der Waals surface area contributed by atoms with Gasteiger partial charge >= 0.3 is 0 Å². The van der Waals surface area contributed by atoms with Gasteiger partial charge in [0.05, 0.1) is 42.9 Å². The molecule has 3 aromatic rings. The van der Waals surface area contributed by atoms with Crippen LogP contribution in [0.3, 0.4) is 0 Å². The molecule has 30 heavy (non-hydrogen) atoms. The zero-order chi connectivity index (χ0) is 21.8. The molecule has 0 aliphatic rings. The molecule has 2 aromatic carbocycles. The molecule has 7 heteroatoms. The third-order valence-electron chi connectivity index (χ3n) is 4.98. The van der Waals surface area contributed by atoms with Crippen molar-refractivity contribution in [3.05, 3.63) is 71.0 Å². The maximum absolute atomic E-state index is 13.0. The van der Waals surface area contributed by atoms with E-state index in [9.17, 15) is 9.59 Å². The van der Waals surface area contributed by atoms with Crippen molar-refractivity contribution in [1.82, 2.24) is 15.1 Å². The lowest BCUT2D eigenvalue weighted by molar-refractivity contribution is -0.117. The van der Waals surface area contributed by atoms with Gasteiger partial charge in [0, 0.05) is 5.56 Å². The van der Waals surface area contributed by atoms with Crippen LogP contribution in [0.1, 0.15) is 40.3 Å². The molecule has 1 amide bonds. The number of carbonyl (C=O) groups excluding carboxylic acids is 2. The lowest BCUT2D eigenvalue weighted by Gasteiger charge is -2.18. The van der Waals surface area contributed by atoms with Crippen molar-refractivity contribution in [2.24, 2.45) is 0 Å². The molecule has 0 aliphatic heterocycles. The van der Waals surface area contributed by atoms with Gasteiger partial charge in [0.25, 0.3) is 11.7 Å². The summed E-state index contributed by atoms with van der Waals surface area (Å²) >= 11 is 0. The first-order valence-corrected chi connectivity index (χ1v) is 9.56. The van der Waals surface area contributed by atoms with E-state index in [-0.39, 0.29) is 0 Å². The summed E-state index contributed by atoms with van der Waals surface area (Å²) in [6.45, 7) is 5.29. The van der Waals surface area contributed by atoms with Gasteiger partial charge in [-0.2, -0.15) is 5.10 Å². The van der Waals surface area contributed by atoms with Crippen molar-refractivity contribution in [3.8, 4) is 17.2 Å². The van der Waals surface area contributed by atoms with E-state index in [1.807, 2.05) is 30.3 Å². The first kappa shape index (κ1) is 21.1. The summed E-state index contributed by atoms with van der Waals surface area (Å²) in [6, 6.07) is 14.3. The van der Waals surface area contributed by atoms with Crippen LogP contribution in [0.15, 0.2) is 48.5 Å². The number of aryl methyl sites for hydroxylation is 1. The topological polar surface area (TPSA) is 82.4 Å². The summed E-state index contributed by atoms with van der Waals surface area (Å²) in [5, 5.41) is 7.21. The number of rotatable bonds is 7. The maximum atomic E-state index is 13.0. The molecule has 0 radical (unpaired) electrons. The van der Waals surface area contributed by atoms with Gasteiger partial charge in [-0.25, -0.2) is 4.68 Å². The minimum absolute atomic E-state index is 0.307. The fraction of sp³-hybridized carbons (Fsp3) is 0.261. The molecule has 7 nitrogen and oxygen atoms in total. The highest BCUT2D eigenvalue weighted by atomic mass is 16.5. The third kappa shape index (κ3) is 4.05. The van der Waals surface area contributed by atoms with E-state index in [1.165, 1.54) is 0 Å². The van der Waals surface area contributed by atoms with Crippen molar-refractivity contribution in [2.75, 3.05) is 14.2 Å². The van der Waals surface area contributed by atoms with E-state index < -0.39 is 17.7 Å². The van der Waals surface area contributed by atoms with Gasteiger partial charge in [0.1, 0.15) is 11.5 Å². The Morgan fingerprint density at radius 3 is 2.37 bits per heavy atom. The van der Waals surface area contributed by atoms with Crippen molar-refractivity contribution in [3.63, 3.8) is 0 Å². The Labute approximate surface area is 175 Å². The van der Waals surface area contributed by atoms with Crippen molar-refractivity contribution in [1.29, 1.82) is 0 Å². The molecule has 0 aliphatic carbocycles. The Balaban J connectivity index is 1.85. The van der Waals surface area contributed by atoms with Crippen LogP contribution in [-0.4, -0.2) is 35.7 Å². The first-order valence-electron chi connectivity index (χ1n) is 9.56. The lowest BCUT2D eigenvalue weighted by Crippen LogP contribution is -2.33. The molecule has 156 valence electrons. The minimum atomic E-state index is -0.703. The van der Waals surface area contributed by atoms with E-state index in [2.05, 4.69) is 10.4 Å². The molecular formula is C23H25N3O4. The number of Topliss-reactive ketones (excluding diaryl/α,β-unsaturated/α-hetero) is 1. The van der Waals surface area contributed by atoms with Crippen LogP contribution in [0.2, 0.25) is 0 Å². The van der Waals surface area contributed by atoms with Gasteiger partial charge in [-0.15, -0.1) is 0 Å². The van der Waals surface area contributed by atoms with Crippen LogP contribution in [0, 0.1) is 13.8 Å². The van der Waals surface area contributed by atoms with E-state index in [1.54, 1.807) is 57.9 Å². The number of aromatic nitrogens is 2. The predicted molar refractivity (Wildman–Crippen MR) is 113 cm³/mol. The second-order valence-corrected chi connectivity index (χ2v) is 6.93. The van der Waals surface area contributed by atoms with E-state index in [0.717, 1.165) is 5.69 Å². The number of nitrogens with one attached hydrogen (secondary N) is 1. The Hall–Kier alpha value is -3.61. The average molecular weight is 407 g/mol. The first-order chi connectivity index (χ1) is 14.4. The van der Waals surface area contributed by atoms with Crippen molar-refractivity contribution in [2.45, 2.75) is 26.8 Å². The molecule has 1 N–H and O–H groups in total. The number of amides is 1.